The number of rotatable bonds is 4. The maximum atomic E-state index is 11.9. The van der Waals surface area contributed by atoms with Crippen molar-refractivity contribution in [3.8, 4) is 0 Å². The van der Waals surface area contributed by atoms with E-state index in [-0.39, 0.29) is 11.5 Å². The van der Waals surface area contributed by atoms with Crippen molar-refractivity contribution in [2.24, 2.45) is 0 Å². The van der Waals surface area contributed by atoms with Gasteiger partial charge in [-0.2, -0.15) is 0 Å². The fourth-order valence-electron chi connectivity index (χ4n) is 3.33. The van der Waals surface area contributed by atoms with Gasteiger partial charge in [-0.3, -0.25) is 9.69 Å². The summed E-state index contributed by atoms with van der Waals surface area (Å²) >= 11 is 0. The minimum Gasteiger partial charge on any atom is -0.469 e. The normalized spacial score (nSPS) is 20.6. The Hall–Kier alpha value is -2.13. The number of hydrogen-bond acceptors (Lipinski definition) is 3. The van der Waals surface area contributed by atoms with Crippen LogP contribution in [0.2, 0.25) is 0 Å². The molecule has 0 saturated heterocycles. The van der Waals surface area contributed by atoms with Gasteiger partial charge in [-0.1, -0.05) is 54.6 Å². The molecule has 0 fully saturated rings. The molecule has 3 rings (SSSR count). The van der Waals surface area contributed by atoms with Gasteiger partial charge in [-0.15, -0.1) is 0 Å². The van der Waals surface area contributed by atoms with Crippen molar-refractivity contribution in [3.05, 3.63) is 71.3 Å². The van der Waals surface area contributed by atoms with Gasteiger partial charge in [0, 0.05) is 13.1 Å². The fourth-order valence-corrected chi connectivity index (χ4v) is 3.33. The largest absolute Gasteiger partial charge is 0.469 e. The summed E-state index contributed by atoms with van der Waals surface area (Å²) in [5.74, 6) is -0.169. The number of benzene rings is 2. The molecule has 1 aliphatic rings. The van der Waals surface area contributed by atoms with E-state index in [4.69, 9.17) is 4.74 Å². The Morgan fingerprint density at radius 3 is 2.55 bits per heavy atom. The molecule has 3 nitrogen and oxygen atoms in total. The topological polar surface area (TPSA) is 29.5 Å². The minimum atomic E-state index is -0.320. The molecule has 0 amide bonds. The van der Waals surface area contributed by atoms with Crippen molar-refractivity contribution in [1.82, 2.24) is 4.90 Å². The average Bonchev–Trinajstić information content (AvgIpc) is 2.81. The van der Waals surface area contributed by atoms with E-state index in [0.29, 0.717) is 6.42 Å². The van der Waals surface area contributed by atoms with E-state index >= 15 is 0 Å². The highest BCUT2D eigenvalue weighted by molar-refractivity contribution is 5.71. The molecule has 1 atom stereocenters. The van der Waals surface area contributed by atoms with Gasteiger partial charge >= 0.3 is 5.97 Å². The average molecular weight is 295 g/mol. The van der Waals surface area contributed by atoms with E-state index in [1.54, 1.807) is 0 Å². The van der Waals surface area contributed by atoms with Crippen LogP contribution in [0.5, 0.6) is 0 Å². The molecule has 1 heterocycles. The lowest BCUT2D eigenvalue weighted by atomic mass is 9.88. The van der Waals surface area contributed by atoms with Crippen LogP contribution in [0.4, 0.5) is 0 Å². The Bertz CT molecular complexity index is 668. The van der Waals surface area contributed by atoms with E-state index < -0.39 is 0 Å². The number of hydrogen-bond donors (Lipinski definition) is 0. The van der Waals surface area contributed by atoms with Gasteiger partial charge in [-0.05, 0) is 23.6 Å². The van der Waals surface area contributed by atoms with Crippen LogP contribution in [0.3, 0.4) is 0 Å². The summed E-state index contributed by atoms with van der Waals surface area (Å²) in [5, 5.41) is 0. The van der Waals surface area contributed by atoms with Crippen molar-refractivity contribution in [2.45, 2.75) is 32.0 Å². The van der Waals surface area contributed by atoms with Gasteiger partial charge in [0.25, 0.3) is 0 Å². The van der Waals surface area contributed by atoms with Crippen LogP contribution < -0.4 is 0 Å². The molecule has 22 heavy (non-hydrogen) atoms. The monoisotopic (exact) mass is 295 g/mol. The standard InChI is InChI=1S/C19H21NO2/c1-19(12-18(21)22-2)17-11-7-6-10-16(17)14-20(19)13-15-8-4-3-5-9-15/h3-11H,12-14H2,1-2H3. The number of esters is 1. The number of carbonyl (C=O) groups excluding carboxylic acids is 1. The Balaban J connectivity index is 1.94. The molecule has 3 heteroatoms. The van der Waals surface area contributed by atoms with Gasteiger partial charge in [-0.25, -0.2) is 0 Å². The SMILES string of the molecule is COC(=O)CC1(C)c2ccccc2CN1Cc1ccccc1. The molecule has 0 radical (unpaired) electrons. The second-order valence-corrected chi connectivity index (χ2v) is 6.03. The third-order valence-electron chi connectivity index (χ3n) is 4.59. The molecule has 1 unspecified atom stereocenters. The number of carbonyl (C=O) groups is 1. The highest BCUT2D eigenvalue weighted by Gasteiger charge is 2.42. The van der Waals surface area contributed by atoms with E-state index in [0.717, 1.165) is 13.1 Å². The van der Waals surface area contributed by atoms with Crippen LogP contribution in [0.15, 0.2) is 54.6 Å². The smallest absolute Gasteiger partial charge is 0.307 e. The number of nitrogens with zero attached hydrogens (tertiary/aromatic N) is 1. The summed E-state index contributed by atoms with van der Waals surface area (Å²) in [6.45, 7) is 3.82. The van der Waals surface area contributed by atoms with Crippen LogP contribution >= 0.6 is 0 Å². The molecule has 0 saturated carbocycles. The zero-order valence-electron chi connectivity index (χ0n) is 13.1. The molecule has 0 aromatic heterocycles. The van der Waals surface area contributed by atoms with Gasteiger partial charge < -0.3 is 4.74 Å². The molecule has 0 bridgehead atoms. The molecular formula is C19H21NO2. The molecule has 0 spiro atoms. The van der Waals surface area contributed by atoms with Gasteiger partial charge in [0.2, 0.25) is 0 Å². The molecule has 1 aliphatic heterocycles. The molecular weight excluding hydrogens is 274 g/mol. The maximum Gasteiger partial charge on any atom is 0.307 e. The van der Waals surface area contributed by atoms with Gasteiger partial charge in [0.05, 0.1) is 19.1 Å². The lowest BCUT2D eigenvalue weighted by Crippen LogP contribution is -2.40. The predicted molar refractivity (Wildman–Crippen MR) is 86.1 cm³/mol. The summed E-state index contributed by atoms with van der Waals surface area (Å²) in [6.07, 6.45) is 0.368. The summed E-state index contributed by atoms with van der Waals surface area (Å²) < 4.78 is 4.93. The van der Waals surface area contributed by atoms with Crippen molar-refractivity contribution in [1.29, 1.82) is 0 Å². The first kappa shape index (κ1) is 14.8. The van der Waals surface area contributed by atoms with Crippen molar-refractivity contribution in [2.75, 3.05) is 7.11 Å². The molecule has 114 valence electrons. The Labute approximate surface area is 131 Å². The lowest BCUT2D eigenvalue weighted by Gasteiger charge is -2.35. The first-order chi connectivity index (χ1) is 10.6. The second kappa shape index (κ2) is 5.93. The van der Waals surface area contributed by atoms with Crippen molar-refractivity contribution in [3.63, 3.8) is 0 Å². The quantitative estimate of drug-likeness (QED) is 0.809. The zero-order chi connectivity index (χ0) is 15.6. The lowest BCUT2D eigenvalue weighted by molar-refractivity contribution is -0.144. The maximum absolute atomic E-state index is 11.9. The predicted octanol–water partition coefficient (Wildman–Crippen LogP) is 3.48. The third-order valence-corrected chi connectivity index (χ3v) is 4.59. The molecule has 2 aromatic carbocycles. The van der Waals surface area contributed by atoms with E-state index in [2.05, 4.69) is 54.3 Å². The third kappa shape index (κ3) is 2.64. The number of fused-ring (bicyclic) bond motifs is 1. The van der Waals surface area contributed by atoms with Crippen molar-refractivity contribution >= 4 is 5.97 Å². The van der Waals surface area contributed by atoms with Crippen LogP contribution in [0.1, 0.15) is 30.0 Å². The highest BCUT2D eigenvalue weighted by Crippen LogP contribution is 2.42. The fraction of sp³-hybridized carbons (Fsp3) is 0.316. The minimum absolute atomic E-state index is 0.169. The first-order valence-electron chi connectivity index (χ1n) is 7.57. The summed E-state index contributed by atoms with van der Waals surface area (Å²) in [7, 11) is 1.45. The molecule has 0 N–H and O–H groups in total. The Kier molecular flexibility index (Phi) is 3.99. The number of ether oxygens (including phenoxy) is 1. The van der Waals surface area contributed by atoms with Crippen LogP contribution in [0.25, 0.3) is 0 Å². The Morgan fingerprint density at radius 2 is 1.82 bits per heavy atom. The summed E-state index contributed by atoms with van der Waals surface area (Å²) in [5.41, 5.74) is 3.46. The Morgan fingerprint density at radius 1 is 1.14 bits per heavy atom. The van der Waals surface area contributed by atoms with E-state index in [9.17, 15) is 4.79 Å². The number of methoxy groups -OCH3 is 1. The zero-order valence-corrected chi connectivity index (χ0v) is 13.1. The van der Waals surface area contributed by atoms with E-state index in [1.807, 2.05) is 12.1 Å². The second-order valence-electron chi connectivity index (χ2n) is 6.03. The van der Waals surface area contributed by atoms with Gasteiger partial charge in [0.1, 0.15) is 0 Å². The van der Waals surface area contributed by atoms with Crippen LogP contribution in [-0.4, -0.2) is 18.0 Å². The molecule has 0 aliphatic carbocycles. The van der Waals surface area contributed by atoms with Crippen LogP contribution in [0, 0.1) is 0 Å². The molecule has 2 aromatic rings. The summed E-state index contributed by atoms with van der Waals surface area (Å²) in [6, 6.07) is 18.8. The van der Waals surface area contributed by atoms with Crippen molar-refractivity contribution < 1.29 is 9.53 Å². The first-order valence-corrected chi connectivity index (χ1v) is 7.57. The summed E-state index contributed by atoms with van der Waals surface area (Å²) in [4.78, 5) is 14.3. The van der Waals surface area contributed by atoms with Crippen LogP contribution in [-0.2, 0) is 28.2 Å². The van der Waals surface area contributed by atoms with E-state index in [1.165, 1.54) is 23.8 Å². The highest BCUT2D eigenvalue weighted by atomic mass is 16.5. The van der Waals surface area contributed by atoms with Gasteiger partial charge in [0.15, 0.2) is 0 Å².